The molecule has 1 rings (SSSR count). The van der Waals surface area contributed by atoms with Crippen molar-refractivity contribution in [1.29, 1.82) is 0 Å². The van der Waals surface area contributed by atoms with Crippen LogP contribution in [0.5, 0.6) is 0 Å². The molecule has 0 aliphatic rings. The van der Waals surface area contributed by atoms with Crippen LogP contribution in [-0.2, 0) is 6.54 Å². The lowest BCUT2D eigenvalue weighted by Gasteiger charge is -2.08. The summed E-state index contributed by atoms with van der Waals surface area (Å²) in [4.78, 5) is 21.7. The first-order valence-electron chi connectivity index (χ1n) is 4.27. The summed E-state index contributed by atoms with van der Waals surface area (Å²) in [5.74, 6) is -2.33. The number of rotatable bonds is 3. The van der Waals surface area contributed by atoms with Crippen LogP contribution in [0, 0.1) is 6.92 Å². The molecule has 0 bridgehead atoms. The Hall–Kier alpha value is -1.88. The third-order valence-corrected chi connectivity index (χ3v) is 2.06. The van der Waals surface area contributed by atoms with Gasteiger partial charge in [0.2, 0.25) is 0 Å². The number of carboxylic acids is 2. The Morgan fingerprint density at radius 3 is 1.87 bits per heavy atom. The molecule has 0 aliphatic heterocycles. The zero-order valence-electron chi connectivity index (χ0n) is 8.15. The fourth-order valence-corrected chi connectivity index (χ4v) is 1.42. The Morgan fingerprint density at radius 2 is 1.60 bits per heavy atom. The Morgan fingerprint density at radius 1 is 1.20 bits per heavy atom. The first-order chi connectivity index (χ1) is 6.97. The molecule has 15 heavy (non-hydrogen) atoms. The van der Waals surface area contributed by atoms with Crippen LogP contribution in [0.1, 0.15) is 31.8 Å². The molecule has 1 aromatic carbocycles. The Bertz CT molecular complexity index is 390. The minimum atomic E-state index is -1.17. The summed E-state index contributed by atoms with van der Waals surface area (Å²) in [6, 6.07) is 2.83. The monoisotopic (exact) mass is 209 g/mol. The average molecular weight is 209 g/mol. The molecule has 0 atom stereocenters. The molecule has 0 unspecified atom stereocenters. The predicted molar refractivity (Wildman–Crippen MR) is 53.0 cm³/mol. The van der Waals surface area contributed by atoms with Gasteiger partial charge in [-0.15, -0.1) is 0 Å². The van der Waals surface area contributed by atoms with Crippen molar-refractivity contribution in [2.75, 3.05) is 0 Å². The number of benzene rings is 1. The molecule has 0 aromatic heterocycles. The van der Waals surface area contributed by atoms with Crippen LogP contribution in [0.15, 0.2) is 12.1 Å². The topological polar surface area (TPSA) is 101 Å². The number of aromatic carboxylic acids is 2. The van der Waals surface area contributed by atoms with E-state index in [1.807, 2.05) is 0 Å². The van der Waals surface area contributed by atoms with E-state index in [1.165, 1.54) is 12.1 Å². The predicted octanol–water partition coefficient (Wildman–Crippen LogP) is 0.850. The standard InChI is InChI=1S/C10H11NO4/c1-5-2-6(9(12)13)8(4-11)7(3-5)10(14)15/h2-3H,4,11H2,1H3,(H,12,13)(H,14,15). The minimum Gasteiger partial charge on any atom is -0.478 e. The summed E-state index contributed by atoms with van der Waals surface area (Å²) in [5.41, 5.74) is 6.00. The summed E-state index contributed by atoms with van der Waals surface area (Å²) in [6.45, 7) is 1.53. The van der Waals surface area contributed by atoms with Crippen molar-refractivity contribution in [3.05, 3.63) is 34.4 Å². The molecule has 0 fully saturated rings. The zero-order valence-corrected chi connectivity index (χ0v) is 8.15. The van der Waals surface area contributed by atoms with Crippen molar-refractivity contribution >= 4 is 11.9 Å². The maximum absolute atomic E-state index is 10.9. The molecule has 0 saturated carbocycles. The molecule has 80 valence electrons. The minimum absolute atomic E-state index is 0.0464. The van der Waals surface area contributed by atoms with Gasteiger partial charge in [-0.2, -0.15) is 0 Å². The van der Waals surface area contributed by atoms with E-state index in [9.17, 15) is 9.59 Å². The quantitative estimate of drug-likeness (QED) is 0.685. The van der Waals surface area contributed by atoms with E-state index in [0.29, 0.717) is 5.56 Å². The molecule has 5 heteroatoms. The molecule has 0 heterocycles. The molecule has 4 N–H and O–H groups in total. The molecular weight excluding hydrogens is 198 g/mol. The highest BCUT2D eigenvalue weighted by Crippen LogP contribution is 2.17. The van der Waals surface area contributed by atoms with Gasteiger partial charge in [0.25, 0.3) is 0 Å². The first-order valence-corrected chi connectivity index (χ1v) is 4.27. The first kappa shape index (κ1) is 11.2. The van der Waals surface area contributed by atoms with Gasteiger partial charge in [0.1, 0.15) is 0 Å². The van der Waals surface area contributed by atoms with Gasteiger partial charge in [-0.25, -0.2) is 9.59 Å². The fourth-order valence-electron chi connectivity index (χ4n) is 1.42. The van der Waals surface area contributed by atoms with E-state index in [0.717, 1.165) is 0 Å². The third kappa shape index (κ3) is 2.13. The number of carbonyl (C=O) groups is 2. The van der Waals surface area contributed by atoms with Crippen molar-refractivity contribution in [3.8, 4) is 0 Å². The molecule has 0 saturated heterocycles. The van der Waals surface area contributed by atoms with Crippen LogP contribution in [0.3, 0.4) is 0 Å². The van der Waals surface area contributed by atoms with E-state index in [2.05, 4.69) is 0 Å². The highest BCUT2D eigenvalue weighted by atomic mass is 16.4. The van der Waals surface area contributed by atoms with E-state index >= 15 is 0 Å². The summed E-state index contributed by atoms with van der Waals surface area (Å²) in [7, 11) is 0. The number of hydrogen-bond donors (Lipinski definition) is 3. The second-order valence-electron chi connectivity index (χ2n) is 3.15. The maximum Gasteiger partial charge on any atom is 0.336 e. The highest BCUT2D eigenvalue weighted by Gasteiger charge is 2.17. The Balaban J connectivity index is 3.52. The Labute approximate surface area is 86.1 Å². The molecule has 1 aromatic rings. The summed E-state index contributed by atoms with van der Waals surface area (Å²) in [6.07, 6.45) is 0. The second-order valence-corrected chi connectivity index (χ2v) is 3.15. The van der Waals surface area contributed by atoms with Crippen LogP contribution in [0.25, 0.3) is 0 Å². The normalized spacial score (nSPS) is 10.0. The van der Waals surface area contributed by atoms with Gasteiger partial charge in [-0.05, 0) is 30.2 Å². The third-order valence-electron chi connectivity index (χ3n) is 2.06. The molecule has 0 radical (unpaired) electrons. The summed E-state index contributed by atoms with van der Waals surface area (Å²) in [5, 5.41) is 17.8. The molecule has 5 nitrogen and oxygen atoms in total. The maximum atomic E-state index is 10.9. The van der Waals surface area contributed by atoms with Crippen molar-refractivity contribution in [3.63, 3.8) is 0 Å². The summed E-state index contributed by atoms with van der Waals surface area (Å²) < 4.78 is 0. The second kappa shape index (κ2) is 4.10. The largest absolute Gasteiger partial charge is 0.478 e. The van der Waals surface area contributed by atoms with E-state index in [4.69, 9.17) is 15.9 Å². The van der Waals surface area contributed by atoms with Crippen LogP contribution < -0.4 is 5.73 Å². The lowest BCUT2D eigenvalue weighted by atomic mass is 9.98. The van der Waals surface area contributed by atoms with Gasteiger partial charge < -0.3 is 15.9 Å². The lowest BCUT2D eigenvalue weighted by molar-refractivity contribution is 0.0695. The van der Waals surface area contributed by atoms with Crippen molar-refractivity contribution < 1.29 is 19.8 Å². The van der Waals surface area contributed by atoms with Gasteiger partial charge in [0.15, 0.2) is 0 Å². The number of aryl methyl sites for hydroxylation is 1. The van der Waals surface area contributed by atoms with Crippen LogP contribution in [0.2, 0.25) is 0 Å². The van der Waals surface area contributed by atoms with Gasteiger partial charge in [-0.3, -0.25) is 0 Å². The number of carboxylic acid groups (broad SMARTS) is 2. The van der Waals surface area contributed by atoms with Gasteiger partial charge >= 0.3 is 11.9 Å². The van der Waals surface area contributed by atoms with Crippen LogP contribution in [-0.4, -0.2) is 22.2 Å². The lowest BCUT2D eigenvalue weighted by Crippen LogP contribution is -2.13. The van der Waals surface area contributed by atoms with Crippen molar-refractivity contribution in [2.45, 2.75) is 13.5 Å². The molecular formula is C10H11NO4. The van der Waals surface area contributed by atoms with Crippen molar-refractivity contribution in [2.24, 2.45) is 5.73 Å². The van der Waals surface area contributed by atoms with Gasteiger partial charge in [0, 0.05) is 6.54 Å². The van der Waals surface area contributed by atoms with Gasteiger partial charge in [0.05, 0.1) is 11.1 Å². The van der Waals surface area contributed by atoms with Gasteiger partial charge in [-0.1, -0.05) is 0 Å². The fraction of sp³-hybridized carbons (Fsp3) is 0.200. The number of nitrogens with two attached hydrogens (primary N) is 1. The molecule has 0 amide bonds. The zero-order chi connectivity index (χ0) is 11.6. The SMILES string of the molecule is Cc1cc(C(=O)O)c(CN)c(C(=O)O)c1. The van der Waals surface area contributed by atoms with E-state index < -0.39 is 11.9 Å². The average Bonchev–Trinajstić information content (AvgIpc) is 2.16. The van der Waals surface area contributed by atoms with E-state index in [1.54, 1.807) is 6.92 Å². The van der Waals surface area contributed by atoms with Crippen LogP contribution in [0.4, 0.5) is 0 Å². The van der Waals surface area contributed by atoms with E-state index in [-0.39, 0.29) is 23.2 Å². The smallest absolute Gasteiger partial charge is 0.336 e. The van der Waals surface area contributed by atoms with Crippen LogP contribution >= 0.6 is 0 Å². The molecule has 0 aliphatic carbocycles. The highest BCUT2D eigenvalue weighted by molar-refractivity contribution is 5.96. The van der Waals surface area contributed by atoms with Crippen molar-refractivity contribution in [1.82, 2.24) is 0 Å². The Kier molecular flexibility index (Phi) is 3.06. The molecule has 0 spiro atoms. The number of hydrogen-bond acceptors (Lipinski definition) is 3. The summed E-state index contributed by atoms with van der Waals surface area (Å²) >= 11 is 0.